The average molecular weight is 228 g/mol. The van der Waals surface area contributed by atoms with Crippen molar-refractivity contribution < 1.29 is 4.79 Å². The second-order valence-corrected chi connectivity index (χ2v) is 5.38. The largest absolute Gasteiger partial charge is 0.353 e. The summed E-state index contributed by atoms with van der Waals surface area (Å²) in [7, 11) is 0. The lowest BCUT2D eigenvalue weighted by Gasteiger charge is -2.23. The molecule has 0 radical (unpaired) electrons. The first-order valence-corrected chi connectivity index (χ1v) is 6.41. The van der Waals surface area contributed by atoms with Crippen LogP contribution in [0.4, 0.5) is 0 Å². The van der Waals surface area contributed by atoms with Crippen LogP contribution in [0.25, 0.3) is 0 Å². The molecule has 96 valence electrons. The Balaban J connectivity index is 3.66. The van der Waals surface area contributed by atoms with Crippen molar-refractivity contribution in [1.29, 1.82) is 0 Å². The maximum atomic E-state index is 11.5. The zero-order valence-electron chi connectivity index (χ0n) is 11.5. The summed E-state index contributed by atoms with van der Waals surface area (Å²) in [5, 5.41) is 6.20. The van der Waals surface area contributed by atoms with E-state index in [9.17, 15) is 4.79 Å². The molecule has 0 heterocycles. The third kappa shape index (κ3) is 7.69. The second-order valence-electron chi connectivity index (χ2n) is 5.38. The van der Waals surface area contributed by atoms with Crippen molar-refractivity contribution in [3.05, 3.63) is 0 Å². The van der Waals surface area contributed by atoms with Gasteiger partial charge in [-0.2, -0.15) is 0 Å². The monoisotopic (exact) mass is 228 g/mol. The Kier molecular flexibility index (Phi) is 7.39. The van der Waals surface area contributed by atoms with Crippen molar-refractivity contribution in [2.45, 2.75) is 59.9 Å². The van der Waals surface area contributed by atoms with Gasteiger partial charge < -0.3 is 10.6 Å². The molecule has 0 rings (SSSR count). The van der Waals surface area contributed by atoms with Crippen molar-refractivity contribution in [2.24, 2.45) is 5.41 Å². The minimum absolute atomic E-state index is 0.104. The van der Waals surface area contributed by atoms with Gasteiger partial charge in [-0.05, 0) is 25.2 Å². The second kappa shape index (κ2) is 7.66. The minimum Gasteiger partial charge on any atom is -0.353 e. The van der Waals surface area contributed by atoms with E-state index in [1.807, 2.05) is 0 Å². The van der Waals surface area contributed by atoms with Gasteiger partial charge in [0.15, 0.2) is 0 Å². The van der Waals surface area contributed by atoms with E-state index < -0.39 is 0 Å². The van der Waals surface area contributed by atoms with Gasteiger partial charge in [-0.1, -0.05) is 34.1 Å². The van der Waals surface area contributed by atoms with Crippen LogP contribution in [-0.4, -0.2) is 25.0 Å². The molecular weight excluding hydrogens is 200 g/mol. The Morgan fingerprint density at radius 1 is 1.31 bits per heavy atom. The standard InChI is InChI=1S/C13H28N2O/c1-6-8-11(3)15-12(16)9-14-10-13(4,5)7-2/h11,14H,6-10H2,1-5H3,(H,15,16). The topological polar surface area (TPSA) is 41.1 Å². The average Bonchev–Trinajstić information content (AvgIpc) is 2.17. The van der Waals surface area contributed by atoms with Crippen LogP contribution in [-0.2, 0) is 4.79 Å². The minimum atomic E-state index is 0.104. The van der Waals surface area contributed by atoms with Crippen LogP contribution in [0.2, 0.25) is 0 Å². The zero-order valence-corrected chi connectivity index (χ0v) is 11.5. The van der Waals surface area contributed by atoms with Gasteiger partial charge in [0.1, 0.15) is 0 Å². The summed E-state index contributed by atoms with van der Waals surface area (Å²) in [5.74, 6) is 0.104. The fourth-order valence-corrected chi connectivity index (χ4v) is 1.47. The first-order chi connectivity index (χ1) is 7.41. The molecule has 3 nitrogen and oxygen atoms in total. The Bertz CT molecular complexity index is 202. The molecule has 3 heteroatoms. The van der Waals surface area contributed by atoms with Crippen molar-refractivity contribution in [1.82, 2.24) is 10.6 Å². The number of hydrogen-bond acceptors (Lipinski definition) is 2. The molecule has 2 N–H and O–H groups in total. The molecule has 0 saturated heterocycles. The Hall–Kier alpha value is -0.570. The lowest BCUT2D eigenvalue weighted by Crippen LogP contribution is -2.41. The molecule has 0 saturated carbocycles. The lowest BCUT2D eigenvalue weighted by atomic mass is 9.90. The SMILES string of the molecule is CCCC(C)NC(=O)CNCC(C)(C)CC. The van der Waals surface area contributed by atoms with Crippen LogP contribution in [0.5, 0.6) is 0 Å². The molecule has 0 aliphatic rings. The zero-order chi connectivity index (χ0) is 12.6. The fraction of sp³-hybridized carbons (Fsp3) is 0.923. The van der Waals surface area contributed by atoms with E-state index >= 15 is 0 Å². The molecule has 1 unspecified atom stereocenters. The van der Waals surface area contributed by atoms with Crippen LogP contribution in [0.1, 0.15) is 53.9 Å². The molecule has 0 aromatic rings. The highest BCUT2D eigenvalue weighted by molar-refractivity contribution is 5.78. The molecule has 0 aromatic carbocycles. The van der Waals surface area contributed by atoms with Gasteiger partial charge in [-0.25, -0.2) is 0 Å². The van der Waals surface area contributed by atoms with Gasteiger partial charge in [0.25, 0.3) is 0 Å². The van der Waals surface area contributed by atoms with Crippen LogP contribution < -0.4 is 10.6 Å². The summed E-state index contributed by atoms with van der Waals surface area (Å²) in [4.78, 5) is 11.5. The number of carbonyl (C=O) groups is 1. The molecule has 1 atom stereocenters. The van der Waals surface area contributed by atoms with E-state index in [4.69, 9.17) is 0 Å². The third-order valence-corrected chi connectivity index (χ3v) is 2.98. The molecule has 0 bridgehead atoms. The Morgan fingerprint density at radius 2 is 1.94 bits per heavy atom. The van der Waals surface area contributed by atoms with Gasteiger partial charge in [-0.3, -0.25) is 4.79 Å². The highest BCUT2D eigenvalue weighted by Crippen LogP contribution is 2.17. The number of rotatable bonds is 8. The first kappa shape index (κ1) is 15.4. The number of nitrogens with one attached hydrogen (secondary N) is 2. The van der Waals surface area contributed by atoms with Gasteiger partial charge in [0.05, 0.1) is 6.54 Å². The molecule has 0 aliphatic heterocycles. The molecule has 0 aliphatic carbocycles. The predicted molar refractivity (Wildman–Crippen MR) is 69.5 cm³/mol. The molecule has 0 spiro atoms. The van der Waals surface area contributed by atoms with Gasteiger partial charge in [-0.15, -0.1) is 0 Å². The number of amides is 1. The lowest BCUT2D eigenvalue weighted by molar-refractivity contribution is -0.120. The smallest absolute Gasteiger partial charge is 0.234 e. The maximum Gasteiger partial charge on any atom is 0.234 e. The first-order valence-electron chi connectivity index (χ1n) is 6.41. The van der Waals surface area contributed by atoms with E-state index in [1.54, 1.807) is 0 Å². The van der Waals surface area contributed by atoms with Crippen LogP contribution >= 0.6 is 0 Å². The van der Waals surface area contributed by atoms with Crippen LogP contribution in [0.3, 0.4) is 0 Å². The summed E-state index contributed by atoms with van der Waals surface area (Å²) in [6.45, 7) is 12.1. The molecule has 0 aromatic heterocycles. The third-order valence-electron chi connectivity index (χ3n) is 2.98. The van der Waals surface area contributed by atoms with E-state index in [0.717, 1.165) is 25.8 Å². The summed E-state index contributed by atoms with van der Waals surface area (Å²) >= 11 is 0. The molecular formula is C13H28N2O. The van der Waals surface area contributed by atoms with Crippen LogP contribution in [0.15, 0.2) is 0 Å². The van der Waals surface area contributed by atoms with Crippen molar-refractivity contribution in [3.63, 3.8) is 0 Å². The molecule has 16 heavy (non-hydrogen) atoms. The van der Waals surface area contributed by atoms with Crippen LogP contribution in [0, 0.1) is 5.41 Å². The summed E-state index contributed by atoms with van der Waals surface area (Å²) < 4.78 is 0. The predicted octanol–water partition coefficient (Wildman–Crippen LogP) is 2.32. The number of carbonyl (C=O) groups excluding carboxylic acids is 1. The fourth-order valence-electron chi connectivity index (χ4n) is 1.47. The quantitative estimate of drug-likeness (QED) is 0.669. The van der Waals surface area contributed by atoms with E-state index in [1.165, 1.54) is 0 Å². The summed E-state index contributed by atoms with van der Waals surface area (Å²) in [6, 6.07) is 0.290. The molecule has 1 amide bonds. The van der Waals surface area contributed by atoms with Gasteiger partial charge in [0, 0.05) is 12.6 Å². The van der Waals surface area contributed by atoms with Crippen molar-refractivity contribution >= 4 is 5.91 Å². The van der Waals surface area contributed by atoms with Crippen molar-refractivity contribution in [3.8, 4) is 0 Å². The highest BCUT2D eigenvalue weighted by Gasteiger charge is 2.15. The Morgan fingerprint density at radius 3 is 2.44 bits per heavy atom. The summed E-state index contributed by atoms with van der Waals surface area (Å²) in [6.07, 6.45) is 3.28. The van der Waals surface area contributed by atoms with Crippen molar-refractivity contribution in [2.75, 3.05) is 13.1 Å². The Labute approximate surface area is 100 Å². The summed E-state index contributed by atoms with van der Waals surface area (Å²) in [5.41, 5.74) is 0.273. The van der Waals surface area contributed by atoms with E-state index in [-0.39, 0.29) is 11.3 Å². The highest BCUT2D eigenvalue weighted by atomic mass is 16.1. The maximum absolute atomic E-state index is 11.5. The molecule has 0 fully saturated rings. The van der Waals surface area contributed by atoms with Gasteiger partial charge in [0.2, 0.25) is 5.91 Å². The van der Waals surface area contributed by atoms with E-state index in [2.05, 4.69) is 45.3 Å². The normalized spacial score (nSPS) is 13.6. The number of hydrogen-bond donors (Lipinski definition) is 2. The van der Waals surface area contributed by atoms with E-state index in [0.29, 0.717) is 12.6 Å². The van der Waals surface area contributed by atoms with Gasteiger partial charge >= 0.3 is 0 Å².